The van der Waals surface area contributed by atoms with Crippen LogP contribution in [0, 0.1) is 5.92 Å². The Morgan fingerprint density at radius 3 is 2.50 bits per heavy atom. The number of carbonyl (C=O) groups is 2. The van der Waals surface area contributed by atoms with Crippen LogP contribution in [0.1, 0.15) is 31.7 Å². The minimum atomic E-state index is -0.840. The van der Waals surface area contributed by atoms with Crippen LogP contribution in [-0.4, -0.2) is 42.6 Å². The summed E-state index contributed by atoms with van der Waals surface area (Å²) in [7, 11) is 0. The molecule has 0 bridgehead atoms. The van der Waals surface area contributed by atoms with Crippen LogP contribution in [0.2, 0.25) is 5.02 Å². The van der Waals surface area contributed by atoms with E-state index in [4.69, 9.17) is 25.5 Å². The highest BCUT2D eigenvalue weighted by molar-refractivity contribution is 6.33. The van der Waals surface area contributed by atoms with Crippen molar-refractivity contribution in [2.45, 2.75) is 32.3 Å². The van der Waals surface area contributed by atoms with E-state index in [1.165, 1.54) is 6.07 Å². The number of rotatable bonds is 7. The lowest BCUT2D eigenvalue weighted by molar-refractivity contribution is -0.153. The highest BCUT2D eigenvalue weighted by atomic mass is 35.5. The molecule has 3 atom stereocenters. The third-order valence-electron chi connectivity index (χ3n) is 7.19. The molecule has 1 aliphatic rings. The molecule has 3 aromatic carbocycles. The molecule has 4 aromatic rings. The van der Waals surface area contributed by atoms with Gasteiger partial charge in [0.25, 0.3) is 5.91 Å². The summed E-state index contributed by atoms with van der Waals surface area (Å²) in [6.07, 6.45) is -0.229. The molecule has 206 valence electrons. The summed E-state index contributed by atoms with van der Waals surface area (Å²) in [4.78, 5) is 40.3. The van der Waals surface area contributed by atoms with Gasteiger partial charge in [0, 0.05) is 52.7 Å². The van der Waals surface area contributed by atoms with Crippen molar-refractivity contribution < 1.29 is 23.5 Å². The number of benzene rings is 3. The Kier molecular flexibility index (Phi) is 8.21. The van der Waals surface area contributed by atoms with Crippen LogP contribution in [-0.2, 0) is 14.3 Å². The van der Waals surface area contributed by atoms with Crippen molar-refractivity contribution in [2.75, 3.05) is 19.7 Å². The van der Waals surface area contributed by atoms with Crippen molar-refractivity contribution in [1.82, 2.24) is 4.90 Å². The molecule has 5 rings (SSSR count). The number of hydrogen-bond acceptors (Lipinski definition) is 6. The molecule has 1 saturated heterocycles. The Bertz CT molecular complexity index is 1580. The van der Waals surface area contributed by atoms with Crippen LogP contribution in [0.5, 0.6) is 5.75 Å². The molecule has 1 fully saturated rings. The first-order valence-corrected chi connectivity index (χ1v) is 13.7. The van der Waals surface area contributed by atoms with Crippen molar-refractivity contribution in [2.24, 2.45) is 5.92 Å². The minimum Gasteiger partial charge on any atom is -0.481 e. The third-order valence-corrected chi connectivity index (χ3v) is 7.52. The number of likely N-dealkylation sites (tertiary alicyclic amines) is 1. The smallest absolute Gasteiger partial charge is 0.336 e. The monoisotopic (exact) mass is 559 g/mol. The van der Waals surface area contributed by atoms with Gasteiger partial charge in [-0.1, -0.05) is 60.1 Å². The van der Waals surface area contributed by atoms with Crippen LogP contribution in [0.3, 0.4) is 0 Å². The van der Waals surface area contributed by atoms with E-state index in [2.05, 4.69) is 0 Å². The molecule has 0 saturated carbocycles. The van der Waals surface area contributed by atoms with Crippen molar-refractivity contribution in [3.8, 4) is 16.9 Å². The summed E-state index contributed by atoms with van der Waals surface area (Å²) in [5.74, 6) is -0.576. The molecule has 1 aromatic heterocycles. The Hall–Kier alpha value is -4.10. The first kappa shape index (κ1) is 27.5. The van der Waals surface area contributed by atoms with Gasteiger partial charge in [0.1, 0.15) is 11.3 Å². The molecule has 40 heavy (non-hydrogen) atoms. The van der Waals surface area contributed by atoms with E-state index in [0.717, 1.165) is 5.56 Å². The zero-order valence-corrected chi connectivity index (χ0v) is 23.1. The highest BCUT2D eigenvalue weighted by Gasteiger charge is 2.37. The number of carbonyl (C=O) groups excluding carboxylic acids is 2. The summed E-state index contributed by atoms with van der Waals surface area (Å²) in [5, 5.41) is 1.21. The topological polar surface area (TPSA) is 86.0 Å². The van der Waals surface area contributed by atoms with E-state index in [0.29, 0.717) is 45.8 Å². The van der Waals surface area contributed by atoms with Crippen LogP contribution in [0.4, 0.5) is 0 Å². The maximum Gasteiger partial charge on any atom is 0.336 e. The van der Waals surface area contributed by atoms with E-state index in [1.807, 2.05) is 48.5 Å². The van der Waals surface area contributed by atoms with Gasteiger partial charge in [0.15, 0.2) is 6.10 Å². The quantitative estimate of drug-likeness (QED) is 0.202. The van der Waals surface area contributed by atoms with Gasteiger partial charge in [-0.3, -0.25) is 9.59 Å². The SMILES string of the molecule is CCOC(=O)[C@H]1CC(c2ccccc2)CN(C(=O)C(C)Oc2ccc3c(-c4ccccc4Cl)cc(=O)oc3c2)C1. The lowest BCUT2D eigenvalue weighted by Crippen LogP contribution is -2.49. The van der Waals surface area contributed by atoms with Gasteiger partial charge < -0.3 is 18.8 Å². The van der Waals surface area contributed by atoms with Crippen molar-refractivity contribution in [3.05, 3.63) is 99.9 Å². The molecule has 0 aliphatic carbocycles. The van der Waals surface area contributed by atoms with Gasteiger partial charge in [-0.15, -0.1) is 0 Å². The largest absolute Gasteiger partial charge is 0.481 e. The summed E-state index contributed by atoms with van der Waals surface area (Å²) in [6.45, 7) is 4.48. The van der Waals surface area contributed by atoms with Gasteiger partial charge in [-0.25, -0.2) is 4.79 Å². The van der Waals surface area contributed by atoms with Crippen LogP contribution < -0.4 is 10.4 Å². The second-order valence-corrected chi connectivity index (χ2v) is 10.3. The normalized spacial score (nSPS) is 17.8. The molecule has 7 nitrogen and oxygen atoms in total. The lowest BCUT2D eigenvalue weighted by Gasteiger charge is -2.38. The van der Waals surface area contributed by atoms with Gasteiger partial charge in [0.2, 0.25) is 0 Å². The maximum absolute atomic E-state index is 13.6. The van der Waals surface area contributed by atoms with Gasteiger partial charge in [0.05, 0.1) is 12.5 Å². The summed E-state index contributed by atoms with van der Waals surface area (Å²) in [5.41, 5.74) is 2.24. The van der Waals surface area contributed by atoms with Gasteiger partial charge in [-0.05, 0) is 44.0 Å². The zero-order valence-electron chi connectivity index (χ0n) is 22.3. The Balaban J connectivity index is 1.37. The van der Waals surface area contributed by atoms with Crippen molar-refractivity contribution >= 4 is 34.4 Å². The first-order chi connectivity index (χ1) is 19.3. The molecular formula is C32H30ClNO6. The number of piperidine rings is 1. The van der Waals surface area contributed by atoms with Crippen LogP contribution in [0.15, 0.2) is 88.1 Å². The zero-order chi connectivity index (χ0) is 28.2. The van der Waals surface area contributed by atoms with Gasteiger partial charge in [-0.2, -0.15) is 0 Å². The summed E-state index contributed by atoms with van der Waals surface area (Å²) < 4.78 is 16.8. The molecular weight excluding hydrogens is 530 g/mol. The number of fused-ring (bicyclic) bond motifs is 1. The van der Waals surface area contributed by atoms with Crippen molar-refractivity contribution in [1.29, 1.82) is 0 Å². The average Bonchev–Trinajstić information content (AvgIpc) is 2.96. The van der Waals surface area contributed by atoms with E-state index in [1.54, 1.807) is 43.0 Å². The Morgan fingerprint density at radius 1 is 1.00 bits per heavy atom. The standard InChI is InChI=1S/C32H30ClNO6/c1-3-38-32(37)23-15-22(21-9-5-4-6-10-21)18-34(19-23)31(36)20(2)39-24-13-14-26-27(17-30(35)40-29(26)16-24)25-11-7-8-12-28(25)33/h4-14,16-17,20,22-23H,3,15,18-19H2,1-2H3/t20?,22?,23-/m0/s1. The summed E-state index contributed by atoms with van der Waals surface area (Å²) in [6, 6.07) is 23.7. The fourth-order valence-electron chi connectivity index (χ4n) is 5.31. The van der Waals surface area contributed by atoms with E-state index in [9.17, 15) is 14.4 Å². The second-order valence-electron chi connectivity index (χ2n) is 9.91. The third kappa shape index (κ3) is 5.89. The Labute approximate surface area is 237 Å². The molecule has 0 spiro atoms. The number of halogens is 1. The van der Waals surface area contributed by atoms with Crippen LogP contribution >= 0.6 is 11.6 Å². The second kappa shape index (κ2) is 12.0. The summed E-state index contributed by atoms with van der Waals surface area (Å²) >= 11 is 6.39. The molecule has 1 amide bonds. The molecule has 1 aliphatic heterocycles. The fourth-order valence-corrected chi connectivity index (χ4v) is 5.54. The number of ether oxygens (including phenoxy) is 2. The average molecular weight is 560 g/mol. The number of esters is 1. The van der Waals surface area contributed by atoms with E-state index in [-0.39, 0.29) is 30.9 Å². The molecule has 8 heteroatoms. The highest BCUT2D eigenvalue weighted by Crippen LogP contribution is 2.35. The number of hydrogen-bond donors (Lipinski definition) is 0. The predicted molar refractivity (Wildman–Crippen MR) is 154 cm³/mol. The van der Waals surface area contributed by atoms with E-state index >= 15 is 0 Å². The van der Waals surface area contributed by atoms with E-state index < -0.39 is 17.6 Å². The maximum atomic E-state index is 13.6. The Morgan fingerprint density at radius 2 is 1.75 bits per heavy atom. The number of nitrogens with zero attached hydrogens (tertiary/aromatic N) is 1. The molecule has 2 unspecified atom stereocenters. The van der Waals surface area contributed by atoms with Gasteiger partial charge >= 0.3 is 11.6 Å². The fraction of sp³-hybridized carbons (Fsp3) is 0.281. The molecule has 2 heterocycles. The predicted octanol–water partition coefficient (Wildman–Crippen LogP) is 6.08. The number of amides is 1. The first-order valence-electron chi connectivity index (χ1n) is 13.3. The lowest BCUT2D eigenvalue weighted by atomic mass is 9.84. The van der Waals surface area contributed by atoms with Crippen molar-refractivity contribution in [3.63, 3.8) is 0 Å². The molecule has 0 radical (unpaired) electrons. The molecule has 0 N–H and O–H groups in total. The minimum absolute atomic E-state index is 0.00122. The van der Waals surface area contributed by atoms with Crippen LogP contribution in [0.25, 0.3) is 22.1 Å².